The van der Waals surface area contributed by atoms with Gasteiger partial charge in [-0.05, 0) is 12.3 Å². The molecule has 3 heteroatoms. The van der Waals surface area contributed by atoms with Gasteiger partial charge >= 0.3 is 18.9 Å². The number of aryl methyl sites for hydroxylation is 1. The fraction of sp³-hybridized carbons (Fsp3) is 0.800. The zero-order chi connectivity index (χ0) is 15.0. The first-order valence-corrected chi connectivity index (χ1v) is 10.1. The van der Waals surface area contributed by atoms with Crippen LogP contribution in [0.15, 0.2) is 18.3 Å². The molecule has 0 aliphatic heterocycles. The number of aromatic nitrogens is 1. The van der Waals surface area contributed by atoms with E-state index in [1.54, 1.807) is 5.59 Å². The van der Waals surface area contributed by atoms with Crippen molar-refractivity contribution < 1.29 is 18.9 Å². The minimum Gasteiger partial charge on any atom is -0.392 e. The Labute approximate surface area is 155 Å². The average Bonchev–Trinajstić information content (AvgIpc) is 3.32. The van der Waals surface area contributed by atoms with Crippen molar-refractivity contribution in [3.8, 4) is 0 Å². The Kier molecular flexibility index (Phi) is 5.75. The monoisotopic (exact) mass is 305 g/mol. The van der Waals surface area contributed by atoms with Crippen LogP contribution in [0.5, 0.6) is 0 Å². The number of rotatable bonds is 4. The van der Waals surface area contributed by atoms with Crippen molar-refractivity contribution >= 4 is 11.7 Å². The predicted octanol–water partition coefficient (Wildman–Crippen LogP) is 2.52. The molecular formula is C20H33BLiN. The van der Waals surface area contributed by atoms with Gasteiger partial charge in [0.25, 0.3) is 0 Å². The van der Waals surface area contributed by atoms with Gasteiger partial charge in [-0.2, -0.15) is 17.5 Å². The fourth-order valence-electron chi connectivity index (χ4n) is 7.40. The summed E-state index contributed by atoms with van der Waals surface area (Å²) in [4.78, 5) is 0. The third kappa shape index (κ3) is 2.89. The van der Waals surface area contributed by atoms with E-state index in [2.05, 4.69) is 29.9 Å². The van der Waals surface area contributed by atoms with Crippen LogP contribution in [-0.4, -0.2) is 10.7 Å². The van der Waals surface area contributed by atoms with E-state index in [4.69, 9.17) is 0 Å². The summed E-state index contributed by atoms with van der Waals surface area (Å²) < 4.78 is 2.52. The zero-order valence-electron chi connectivity index (χ0n) is 15.5. The molecule has 122 valence electrons. The minimum atomic E-state index is -0.347. The first-order valence-electron chi connectivity index (χ1n) is 10.1. The van der Waals surface area contributed by atoms with Gasteiger partial charge in [0.1, 0.15) is 0 Å². The molecule has 1 heterocycles. The SMILES string of the molecule is Cn1cccc1[B-](C1CCCC1)(C1CCCC1)C1CCCC1.[Li+]. The molecule has 0 unspecified atom stereocenters. The summed E-state index contributed by atoms with van der Waals surface area (Å²) in [5.74, 6) is 3.08. The second-order valence-electron chi connectivity index (χ2n) is 8.75. The molecule has 0 aromatic carbocycles. The molecule has 0 atom stereocenters. The second kappa shape index (κ2) is 7.45. The first-order chi connectivity index (χ1) is 10.8. The standard InChI is InChI=1S/C20H33BN.Li/c1-22-16-8-15-20(22)21(17-9-2-3-10-17,18-11-4-5-12-18)19-13-6-7-14-19;/h8,15-19H,2-7,9-14H2,1H3;/q-1;+1. The Morgan fingerprint density at radius 2 is 1.17 bits per heavy atom. The third-order valence-corrected chi connectivity index (χ3v) is 8.04. The van der Waals surface area contributed by atoms with Crippen LogP contribution in [0.4, 0.5) is 0 Å². The molecular weight excluding hydrogens is 272 g/mol. The molecule has 0 N–H and O–H groups in total. The van der Waals surface area contributed by atoms with Crippen LogP contribution in [-0.2, 0) is 7.05 Å². The van der Waals surface area contributed by atoms with Gasteiger partial charge in [-0.1, -0.05) is 83.1 Å². The van der Waals surface area contributed by atoms with E-state index >= 15 is 0 Å². The molecule has 3 aliphatic carbocycles. The van der Waals surface area contributed by atoms with Crippen molar-refractivity contribution in [2.45, 2.75) is 94.5 Å². The summed E-state index contributed by atoms with van der Waals surface area (Å²) in [5.41, 5.74) is 1.77. The molecule has 3 aliphatic rings. The van der Waals surface area contributed by atoms with E-state index < -0.39 is 0 Å². The van der Waals surface area contributed by atoms with Gasteiger partial charge in [0, 0.05) is 7.05 Å². The summed E-state index contributed by atoms with van der Waals surface area (Å²) in [7, 11) is 2.32. The van der Waals surface area contributed by atoms with Crippen LogP contribution in [0.25, 0.3) is 0 Å². The molecule has 23 heavy (non-hydrogen) atoms. The van der Waals surface area contributed by atoms with E-state index in [1.807, 2.05) is 0 Å². The zero-order valence-corrected chi connectivity index (χ0v) is 15.5. The van der Waals surface area contributed by atoms with E-state index in [-0.39, 0.29) is 25.0 Å². The van der Waals surface area contributed by atoms with Crippen molar-refractivity contribution in [2.75, 3.05) is 0 Å². The quantitative estimate of drug-likeness (QED) is 0.753. The summed E-state index contributed by atoms with van der Waals surface area (Å²) in [6, 6.07) is 4.85. The molecule has 4 rings (SSSR count). The van der Waals surface area contributed by atoms with E-state index in [9.17, 15) is 0 Å². The Balaban J connectivity index is 0.00000156. The van der Waals surface area contributed by atoms with Crippen LogP contribution in [0, 0.1) is 0 Å². The molecule has 0 bridgehead atoms. The topological polar surface area (TPSA) is 4.93 Å². The summed E-state index contributed by atoms with van der Waals surface area (Å²) >= 11 is 0. The van der Waals surface area contributed by atoms with Gasteiger partial charge in [0.15, 0.2) is 0 Å². The third-order valence-electron chi connectivity index (χ3n) is 8.04. The van der Waals surface area contributed by atoms with Crippen molar-refractivity contribution in [3.63, 3.8) is 0 Å². The van der Waals surface area contributed by atoms with Crippen LogP contribution in [0.2, 0.25) is 17.5 Å². The normalized spacial score (nSPS) is 24.4. The van der Waals surface area contributed by atoms with Gasteiger partial charge in [-0.15, -0.1) is 5.59 Å². The molecule has 0 amide bonds. The van der Waals surface area contributed by atoms with Crippen molar-refractivity contribution in [1.29, 1.82) is 0 Å². The van der Waals surface area contributed by atoms with Gasteiger partial charge < -0.3 is 4.57 Å². The summed E-state index contributed by atoms with van der Waals surface area (Å²) in [6.45, 7) is 0. The average molecular weight is 305 g/mol. The van der Waals surface area contributed by atoms with E-state index in [0.717, 1.165) is 17.5 Å². The summed E-state index contributed by atoms with van der Waals surface area (Å²) in [5, 5.41) is 0. The maximum Gasteiger partial charge on any atom is 1.00 e. The molecule has 1 nitrogen and oxygen atoms in total. The first kappa shape index (κ1) is 17.8. The van der Waals surface area contributed by atoms with Crippen molar-refractivity contribution in [2.24, 2.45) is 7.05 Å². The maximum absolute atomic E-state index is 2.52. The van der Waals surface area contributed by atoms with Crippen LogP contribution < -0.4 is 24.5 Å². The molecule has 1 aromatic heterocycles. The predicted molar refractivity (Wildman–Crippen MR) is 97.5 cm³/mol. The Morgan fingerprint density at radius 3 is 1.48 bits per heavy atom. The number of hydrogen-bond donors (Lipinski definition) is 0. The van der Waals surface area contributed by atoms with E-state index in [0.29, 0.717) is 0 Å². The van der Waals surface area contributed by atoms with Crippen molar-refractivity contribution in [1.82, 2.24) is 4.57 Å². The molecule has 3 fully saturated rings. The largest absolute Gasteiger partial charge is 1.00 e. The molecule has 0 spiro atoms. The van der Waals surface area contributed by atoms with E-state index in [1.165, 1.54) is 77.0 Å². The second-order valence-corrected chi connectivity index (χ2v) is 8.75. The van der Waals surface area contributed by atoms with Crippen molar-refractivity contribution in [3.05, 3.63) is 18.3 Å². The van der Waals surface area contributed by atoms with Crippen LogP contribution in [0.3, 0.4) is 0 Å². The van der Waals surface area contributed by atoms with Gasteiger partial charge in [-0.3, -0.25) is 0 Å². The van der Waals surface area contributed by atoms with Gasteiger partial charge in [-0.25, -0.2) is 0 Å². The Bertz CT molecular complexity index is 453. The van der Waals surface area contributed by atoms with Crippen LogP contribution >= 0.6 is 0 Å². The van der Waals surface area contributed by atoms with Gasteiger partial charge in [0.2, 0.25) is 0 Å². The number of hydrogen-bond acceptors (Lipinski definition) is 0. The smallest absolute Gasteiger partial charge is 0.392 e. The molecule has 0 radical (unpaired) electrons. The number of nitrogens with zero attached hydrogens (tertiary/aromatic N) is 1. The maximum atomic E-state index is 2.52. The van der Waals surface area contributed by atoms with Crippen LogP contribution in [0.1, 0.15) is 77.0 Å². The molecule has 0 saturated heterocycles. The summed E-state index contributed by atoms with van der Waals surface area (Å²) in [6.07, 6.45) is 20.1. The molecule has 3 saturated carbocycles. The minimum absolute atomic E-state index is 0. The Morgan fingerprint density at radius 1 is 0.783 bits per heavy atom. The Hall–Kier alpha value is -0.0577. The fourth-order valence-corrected chi connectivity index (χ4v) is 7.40. The molecule has 1 aromatic rings. The van der Waals surface area contributed by atoms with Gasteiger partial charge in [0.05, 0.1) is 6.15 Å².